The van der Waals surface area contributed by atoms with Crippen molar-refractivity contribution in [2.75, 3.05) is 6.61 Å². The Morgan fingerprint density at radius 3 is 2.80 bits per heavy atom. The molecule has 0 amide bonds. The van der Waals surface area contributed by atoms with Crippen LogP contribution in [0.4, 0.5) is 8.78 Å². The van der Waals surface area contributed by atoms with Crippen molar-refractivity contribution in [2.45, 2.75) is 32.9 Å². The third-order valence-corrected chi connectivity index (χ3v) is 2.02. The van der Waals surface area contributed by atoms with Crippen LogP contribution in [-0.4, -0.2) is 30.0 Å². The number of nitrogens with zero attached hydrogens (tertiary/aromatic N) is 2. The summed E-state index contributed by atoms with van der Waals surface area (Å²) in [4.78, 5) is 7.96. The molecule has 0 radical (unpaired) electrons. The number of ether oxygens (including phenoxy) is 1. The van der Waals surface area contributed by atoms with Crippen LogP contribution in [0.5, 0.6) is 5.88 Å². The molecule has 1 rings (SSSR count). The molecule has 1 aromatic heterocycles. The first-order chi connectivity index (χ1) is 8.97. The van der Waals surface area contributed by atoms with Gasteiger partial charge in [0.2, 0.25) is 5.88 Å². The van der Waals surface area contributed by atoms with E-state index in [0.29, 0.717) is 12.5 Å². The summed E-state index contributed by atoms with van der Waals surface area (Å²) in [6, 6.07) is 3.49. The van der Waals surface area contributed by atoms with Crippen molar-refractivity contribution >= 4 is 29.9 Å². The molecule has 0 bridgehead atoms. The second kappa shape index (κ2) is 9.67. The number of hydrogen-bond donors (Lipinski definition) is 2. The minimum absolute atomic E-state index is 0. The van der Waals surface area contributed by atoms with E-state index in [1.807, 2.05) is 13.8 Å². The van der Waals surface area contributed by atoms with Crippen LogP contribution in [-0.2, 0) is 6.54 Å². The fourth-order valence-corrected chi connectivity index (χ4v) is 1.29. The highest BCUT2D eigenvalue weighted by Crippen LogP contribution is 2.11. The number of guanidine groups is 1. The zero-order chi connectivity index (χ0) is 14.3. The molecular formula is C12H19F2IN4O. The van der Waals surface area contributed by atoms with Gasteiger partial charge >= 0.3 is 0 Å². The van der Waals surface area contributed by atoms with Gasteiger partial charge in [0.25, 0.3) is 6.43 Å². The van der Waals surface area contributed by atoms with Crippen LogP contribution in [0, 0.1) is 0 Å². The quantitative estimate of drug-likeness (QED) is 0.436. The summed E-state index contributed by atoms with van der Waals surface area (Å²) in [5.74, 6) is 0.491. The maximum atomic E-state index is 12.0. The Morgan fingerprint density at radius 1 is 1.50 bits per heavy atom. The Kier molecular flexibility index (Phi) is 9.10. The van der Waals surface area contributed by atoms with Crippen LogP contribution >= 0.6 is 24.0 Å². The first kappa shape index (κ1) is 18.8. The maximum Gasteiger partial charge on any atom is 0.272 e. The number of nitrogens with one attached hydrogen (secondary N) is 1. The van der Waals surface area contributed by atoms with Crippen molar-refractivity contribution in [3.8, 4) is 5.88 Å². The fraction of sp³-hybridized carbons (Fsp3) is 0.500. The monoisotopic (exact) mass is 400 g/mol. The molecular weight excluding hydrogens is 381 g/mol. The number of halogens is 3. The van der Waals surface area contributed by atoms with E-state index in [1.165, 1.54) is 6.20 Å². The number of aromatic nitrogens is 1. The summed E-state index contributed by atoms with van der Waals surface area (Å²) in [6.45, 7) is 3.56. The molecule has 8 heteroatoms. The summed E-state index contributed by atoms with van der Waals surface area (Å²) in [7, 11) is 0. The molecule has 0 saturated heterocycles. The van der Waals surface area contributed by atoms with Gasteiger partial charge in [0.15, 0.2) is 12.6 Å². The van der Waals surface area contributed by atoms with Gasteiger partial charge in [-0.15, -0.1) is 24.0 Å². The minimum atomic E-state index is -2.52. The highest BCUT2D eigenvalue weighted by atomic mass is 127. The Bertz CT molecular complexity index is 430. The molecule has 0 atom stereocenters. The maximum absolute atomic E-state index is 12.0. The number of rotatable bonds is 6. The van der Waals surface area contributed by atoms with Gasteiger partial charge in [0.1, 0.15) is 0 Å². The molecule has 0 aliphatic carbocycles. The molecule has 1 heterocycles. The molecule has 3 N–H and O–H groups in total. The Morgan fingerprint density at radius 2 is 2.20 bits per heavy atom. The van der Waals surface area contributed by atoms with Crippen LogP contribution in [0.3, 0.4) is 0 Å². The van der Waals surface area contributed by atoms with E-state index in [2.05, 4.69) is 15.3 Å². The average Bonchev–Trinajstić information content (AvgIpc) is 2.34. The van der Waals surface area contributed by atoms with Crippen LogP contribution in [0.2, 0.25) is 0 Å². The minimum Gasteiger partial charge on any atom is -0.472 e. The molecule has 0 unspecified atom stereocenters. The zero-order valence-corrected chi connectivity index (χ0v) is 13.7. The predicted molar refractivity (Wildman–Crippen MR) is 84.7 cm³/mol. The van der Waals surface area contributed by atoms with Crippen molar-refractivity contribution in [2.24, 2.45) is 10.7 Å². The SMILES string of the molecule is CC(C)NC(N)=NCc1ccnc(OCC(F)F)c1.I. The highest BCUT2D eigenvalue weighted by Gasteiger charge is 2.05. The van der Waals surface area contributed by atoms with Crippen LogP contribution in [0.15, 0.2) is 23.3 Å². The Balaban J connectivity index is 0.00000361. The number of hydrogen-bond acceptors (Lipinski definition) is 3. The first-order valence-electron chi connectivity index (χ1n) is 5.89. The molecule has 0 aliphatic rings. The molecule has 5 nitrogen and oxygen atoms in total. The number of alkyl halides is 2. The van der Waals surface area contributed by atoms with Crippen LogP contribution in [0.1, 0.15) is 19.4 Å². The summed E-state index contributed by atoms with van der Waals surface area (Å²) >= 11 is 0. The Labute approximate surface area is 134 Å². The summed E-state index contributed by atoms with van der Waals surface area (Å²) < 4.78 is 28.8. The molecule has 20 heavy (non-hydrogen) atoms. The van der Waals surface area contributed by atoms with E-state index in [1.54, 1.807) is 12.1 Å². The number of aliphatic imine (C=N–C) groups is 1. The summed E-state index contributed by atoms with van der Waals surface area (Å²) in [6.07, 6.45) is -1.04. The van der Waals surface area contributed by atoms with Gasteiger partial charge in [0, 0.05) is 18.3 Å². The number of nitrogens with two attached hydrogens (primary N) is 1. The topological polar surface area (TPSA) is 72.5 Å². The molecule has 0 fully saturated rings. The smallest absolute Gasteiger partial charge is 0.272 e. The van der Waals surface area contributed by atoms with E-state index in [-0.39, 0.29) is 35.9 Å². The van der Waals surface area contributed by atoms with E-state index in [0.717, 1.165) is 5.56 Å². The van der Waals surface area contributed by atoms with Crippen LogP contribution in [0.25, 0.3) is 0 Å². The van der Waals surface area contributed by atoms with E-state index in [4.69, 9.17) is 10.5 Å². The lowest BCUT2D eigenvalue weighted by atomic mass is 10.3. The summed E-state index contributed by atoms with van der Waals surface area (Å²) in [5.41, 5.74) is 6.44. The van der Waals surface area contributed by atoms with E-state index in [9.17, 15) is 8.78 Å². The van der Waals surface area contributed by atoms with Gasteiger partial charge < -0.3 is 15.8 Å². The van der Waals surface area contributed by atoms with Gasteiger partial charge in [-0.1, -0.05) is 0 Å². The van der Waals surface area contributed by atoms with Gasteiger partial charge in [0.05, 0.1) is 6.54 Å². The van der Waals surface area contributed by atoms with Crippen molar-refractivity contribution in [1.29, 1.82) is 0 Å². The fourth-order valence-electron chi connectivity index (χ4n) is 1.29. The zero-order valence-electron chi connectivity index (χ0n) is 11.3. The van der Waals surface area contributed by atoms with Crippen molar-refractivity contribution in [3.05, 3.63) is 23.9 Å². The van der Waals surface area contributed by atoms with Gasteiger partial charge in [-0.05, 0) is 25.5 Å². The lowest BCUT2D eigenvalue weighted by Crippen LogP contribution is -2.36. The third kappa shape index (κ3) is 8.08. The highest BCUT2D eigenvalue weighted by molar-refractivity contribution is 14.0. The second-order valence-electron chi connectivity index (χ2n) is 4.20. The van der Waals surface area contributed by atoms with E-state index >= 15 is 0 Å². The van der Waals surface area contributed by atoms with Gasteiger partial charge in [-0.2, -0.15) is 0 Å². The normalized spacial score (nSPS) is 11.4. The number of pyridine rings is 1. The third-order valence-electron chi connectivity index (χ3n) is 2.02. The summed E-state index contributed by atoms with van der Waals surface area (Å²) in [5, 5.41) is 2.95. The van der Waals surface area contributed by atoms with Crippen molar-refractivity contribution < 1.29 is 13.5 Å². The van der Waals surface area contributed by atoms with Crippen molar-refractivity contribution in [3.63, 3.8) is 0 Å². The van der Waals surface area contributed by atoms with Gasteiger partial charge in [-0.25, -0.2) is 18.8 Å². The largest absolute Gasteiger partial charge is 0.472 e. The molecule has 1 aromatic rings. The molecule has 0 spiro atoms. The molecule has 0 saturated carbocycles. The first-order valence-corrected chi connectivity index (χ1v) is 5.89. The standard InChI is InChI=1S/C12H18F2N4O.HI/c1-8(2)18-12(15)17-6-9-3-4-16-11(5-9)19-7-10(13)14;/h3-5,8,10H,6-7H2,1-2H3,(H3,15,17,18);1H. The predicted octanol–water partition coefficient (Wildman–Crippen LogP) is 2.16. The van der Waals surface area contributed by atoms with Crippen molar-refractivity contribution in [1.82, 2.24) is 10.3 Å². The molecule has 0 aliphatic heterocycles. The Hall–Kier alpha value is -1.19. The van der Waals surface area contributed by atoms with Crippen LogP contribution < -0.4 is 15.8 Å². The average molecular weight is 400 g/mol. The second-order valence-corrected chi connectivity index (χ2v) is 4.20. The van der Waals surface area contributed by atoms with Gasteiger partial charge in [-0.3, -0.25) is 0 Å². The molecule has 114 valence electrons. The molecule has 0 aromatic carbocycles. The van der Waals surface area contributed by atoms with E-state index < -0.39 is 13.0 Å². The lowest BCUT2D eigenvalue weighted by molar-refractivity contribution is 0.0795. The lowest BCUT2D eigenvalue weighted by Gasteiger charge is -2.09.